The first-order valence-corrected chi connectivity index (χ1v) is 29.1. The van der Waals surface area contributed by atoms with Crippen molar-refractivity contribution < 1.29 is 102 Å². The fraction of sp³-hybridized carbons (Fsp3) is 0.767. The summed E-state index contributed by atoms with van der Waals surface area (Å²) in [6.07, 6.45) is -1.01. The Bertz CT molecular complexity index is 2250. The molecule has 0 aromatic carbocycles. The molecule has 4 fully saturated rings. The second-order valence-electron chi connectivity index (χ2n) is 23.3. The quantitative estimate of drug-likeness (QED) is 0.0908. The van der Waals surface area contributed by atoms with Crippen molar-refractivity contribution in [3.05, 3.63) is 47.6 Å². The van der Waals surface area contributed by atoms with Crippen LogP contribution in [0.2, 0.25) is 0 Å². The van der Waals surface area contributed by atoms with E-state index in [9.17, 15) is 59.4 Å². The maximum atomic E-state index is 14.7. The van der Waals surface area contributed by atoms with Crippen LogP contribution in [0.5, 0.6) is 0 Å². The molecule has 82 heavy (non-hydrogen) atoms. The van der Waals surface area contributed by atoms with Crippen LogP contribution in [0.1, 0.15) is 126 Å². The SMILES string of the molecule is CO[C@H]1C[C@@H]2CC[C@@H](C)[C@@](O)(O2)C(=O)C(=O)N2CCCCC2C(=O)O[C@H]([C@H](C)CC2CC[C@@H](OCCO)[C@H](OC)C2)CC(=O)[C@H](C)/C=C(\C)[C@@H](OC(=O)O[C@@H]2O[C@H](CO)[C@@H](O)[C@H](O)[C@H]2O)[C@@H](OC)C(=O)[C@H](C)C[C@H](C)/C=C/C=C/C=C/1C. The third kappa shape index (κ3) is 17.9. The zero-order valence-electron chi connectivity index (χ0n) is 49.5. The number of cyclic esters (lactones) is 1. The number of piperidine rings is 1. The molecule has 22 heteroatoms. The molecule has 4 heterocycles. The monoisotopic (exact) mass is 1160 g/mol. The third-order valence-electron chi connectivity index (χ3n) is 17.1. The van der Waals surface area contributed by atoms with Crippen molar-refractivity contribution in [3.63, 3.8) is 0 Å². The lowest BCUT2D eigenvalue weighted by Gasteiger charge is -2.42. The Labute approximate surface area is 482 Å². The first-order valence-electron chi connectivity index (χ1n) is 29.1. The molecule has 2 unspecified atom stereocenters. The highest BCUT2D eigenvalue weighted by Crippen LogP contribution is 2.38. The lowest BCUT2D eigenvalue weighted by molar-refractivity contribution is -0.289. The summed E-state index contributed by atoms with van der Waals surface area (Å²) in [5.41, 5.74) is 0.979. The minimum atomic E-state index is -2.50. The van der Waals surface area contributed by atoms with Gasteiger partial charge in [-0.05, 0) is 107 Å². The largest absolute Gasteiger partial charge is 0.511 e. The maximum Gasteiger partial charge on any atom is 0.511 e. The molecule has 5 aliphatic rings. The number of allylic oxidation sites excluding steroid dienone is 6. The number of fused-ring (bicyclic) bond motifs is 3. The standard InChI is InChI=1S/C60H93NO21/c1-33-16-12-11-13-17-34(2)45(74-8)30-41-21-19-39(7)60(73,82-41)55(69)56(70)61-23-15-14-18-42(61)57(71)78-46(36(4)28-40-20-22-44(77-25-24-62)47(29-40)75-9)31-43(64)35(3)27-38(6)53(54(76-10)49(65)37(5)26-33)80-59(72)81-58-52(68)51(67)50(66)48(32-63)79-58/h11-13,16-17,27,33,35-37,39-42,44-48,50-54,58,62-63,66-68,73H,14-15,18-26,28-32H2,1-10H3/b13-11+,16-12+,34-17+,38-27+/t33-,35-,36-,37-,39-,40?,41+,42?,44-,45+,46+,47-,48-,50-,51+,52-,53-,54+,58+,60-/m1/s1. The van der Waals surface area contributed by atoms with Gasteiger partial charge in [-0.3, -0.25) is 19.2 Å². The number of esters is 1. The van der Waals surface area contributed by atoms with Gasteiger partial charge in [0.25, 0.3) is 11.7 Å². The van der Waals surface area contributed by atoms with Crippen molar-refractivity contribution in [1.29, 1.82) is 0 Å². The Kier molecular flexibility index (Phi) is 27.0. The van der Waals surface area contributed by atoms with E-state index in [1.165, 1.54) is 20.1 Å². The molecule has 3 saturated heterocycles. The molecule has 5 rings (SSSR count). The molecule has 0 aromatic rings. The van der Waals surface area contributed by atoms with Crippen LogP contribution in [-0.2, 0) is 66.6 Å². The number of rotatable bonds is 12. The number of ether oxygens (including phenoxy) is 9. The summed E-state index contributed by atoms with van der Waals surface area (Å²) in [5, 5.41) is 62.7. The van der Waals surface area contributed by atoms with Crippen LogP contribution in [0.4, 0.5) is 4.79 Å². The fourth-order valence-corrected chi connectivity index (χ4v) is 12.0. The zero-order chi connectivity index (χ0) is 60.6. The lowest BCUT2D eigenvalue weighted by Crippen LogP contribution is -2.61. The molecular formula is C60H93NO21. The predicted molar refractivity (Wildman–Crippen MR) is 295 cm³/mol. The number of methoxy groups -OCH3 is 3. The molecule has 4 aliphatic heterocycles. The van der Waals surface area contributed by atoms with E-state index in [1.54, 1.807) is 35.0 Å². The van der Waals surface area contributed by atoms with Crippen molar-refractivity contribution >= 4 is 35.4 Å². The average Bonchev–Trinajstić information content (AvgIpc) is 3.06. The number of aliphatic hydroxyl groups is 6. The Morgan fingerprint density at radius 3 is 2.21 bits per heavy atom. The number of carbonyl (C=O) groups excluding carboxylic acids is 6. The van der Waals surface area contributed by atoms with E-state index in [0.717, 1.165) is 10.5 Å². The molecular weight excluding hydrogens is 1070 g/mol. The molecule has 2 bridgehead atoms. The predicted octanol–water partition coefficient (Wildman–Crippen LogP) is 4.16. The summed E-state index contributed by atoms with van der Waals surface area (Å²) < 4.78 is 52.4. The van der Waals surface area contributed by atoms with E-state index in [1.807, 2.05) is 51.2 Å². The number of hydrogen-bond donors (Lipinski definition) is 6. The number of Topliss-reactive ketones (excluding diaryl/α,β-unsaturated/α-hetero) is 3. The number of hydrogen-bond acceptors (Lipinski definition) is 21. The molecule has 0 aromatic heterocycles. The van der Waals surface area contributed by atoms with E-state index >= 15 is 0 Å². The van der Waals surface area contributed by atoms with Gasteiger partial charge in [0, 0.05) is 58.5 Å². The van der Waals surface area contributed by atoms with Crippen molar-refractivity contribution in [1.82, 2.24) is 4.90 Å². The molecule has 6 N–H and O–H groups in total. The van der Waals surface area contributed by atoms with E-state index in [4.69, 9.17) is 42.6 Å². The van der Waals surface area contributed by atoms with Gasteiger partial charge in [0.15, 0.2) is 18.0 Å². The number of aliphatic hydroxyl groups excluding tert-OH is 5. The van der Waals surface area contributed by atoms with Crippen LogP contribution in [-0.4, -0.2) is 204 Å². The number of carbonyl (C=O) groups is 6. The molecule has 1 amide bonds. The van der Waals surface area contributed by atoms with Crippen LogP contribution in [0, 0.1) is 35.5 Å². The average molecular weight is 1160 g/mol. The summed E-state index contributed by atoms with van der Waals surface area (Å²) in [7, 11) is 4.38. The Morgan fingerprint density at radius 2 is 1.54 bits per heavy atom. The summed E-state index contributed by atoms with van der Waals surface area (Å²) in [4.78, 5) is 87.6. The fourth-order valence-electron chi connectivity index (χ4n) is 12.0. The van der Waals surface area contributed by atoms with Crippen molar-refractivity contribution in [2.45, 2.75) is 211 Å². The van der Waals surface area contributed by atoms with Gasteiger partial charge in [0.1, 0.15) is 42.3 Å². The second kappa shape index (κ2) is 32.3. The maximum absolute atomic E-state index is 14.7. The van der Waals surface area contributed by atoms with Gasteiger partial charge in [-0.1, -0.05) is 71.1 Å². The van der Waals surface area contributed by atoms with Crippen LogP contribution in [0.25, 0.3) is 0 Å². The lowest BCUT2D eigenvalue weighted by atomic mass is 9.78. The van der Waals surface area contributed by atoms with E-state index in [0.29, 0.717) is 57.8 Å². The van der Waals surface area contributed by atoms with Gasteiger partial charge in [0.05, 0.1) is 44.2 Å². The van der Waals surface area contributed by atoms with Crippen molar-refractivity contribution in [3.8, 4) is 0 Å². The molecule has 1 saturated carbocycles. The Balaban J connectivity index is 1.54. The number of amides is 1. The third-order valence-corrected chi connectivity index (χ3v) is 17.1. The molecule has 464 valence electrons. The van der Waals surface area contributed by atoms with Gasteiger partial charge in [-0.15, -0.1) is 0 Å². The molecule has 20 atom stereocenters. The molecule has 0 spiro atoms. The number of nitrogens with zero attached hydrogens (tertiary/aromatic N) is 1. The highest BCUT2D eigenvalue weighted by atomic mass is 16.8. The molecule has 0 radical (unpaired) electrons. The van der Waals surface area contributed by atoms with Crippen LogP contribution >= 0.6 is 0 Å². The van der Waals surface area contributed by atoms with Crippen molar-refractivity contribution in [2.75, 3.05) is 47.7 Å². The summed E-state index contributed by atoms with van der Waals surface area (Å²) in [6, 6.07) is -1.25. The first kappa shape index (κ1) is 68.5. The molecule has 22 nitrogen and oxygen atoms in total. The van der Waals surface area contributed by atoms with Crippen LogP contribution < -0.4 is 0 Å². The Morgan fingerprint density at radius 1 is 0.805 bits per heavy atom. The van der Waals surface area contributed by atoms with Gasteiger partial charge >= 0.3 is 12.1 Å². The highest BCUT2D eigenvalue weighted by Gasteiger charge is 2.53. The smallest absolute Gasteiger partial charge is 0.460 e. The normalized spacial score (nSPS) is 40.0. The summed E-state index contributed by atoms with van der Waals surface area (Å²) >= 11 is 0. The van der Waals surface area contributed by atoms with E-state index in [2.05, 4.69) is 0 Å². The van der Waals surface area contributed by atoms with Gasteiger partial charge in [0.2, 0.25) is 12.1 Å². The summed E-state index contributed by atoms with van der Waals surface area (Å²) in [6.45, 7) is 11.3. The number of ketones is 3. The molecule has 1 aliphatic carbocycles. The van der Waals surface area contributed by atoms with Gasteiger partial charge < -0.3 is 78.2 Å². The second-order valence-corrected chi connectivity index (χ2v) is 23.3. The van der Waals surface area contributed by atoms with E-state index in [-0.39, 0.29) is 68.6 Å². The van der Waals surface area contributed by atoms with Crippen LogP contribution in [0.3, 0.4) is 0 Å². The van der Waals surface area contributed by atoms with Gasteiger partial charge in [-0.2, -0.15) is 0 Å². The first-order chi connectivity index (χ1) is 38.9. The van der Waals surface area contributed by atoms with E-state index < -0.39 is 139 Å². The zero-order valence-corrected chi connectivity index (χ0v) is 49.5. The minimum absolute atomic E-state index is 0.0128. The highest BCUT2D eigenvalue weighted by molar-refractivity contribution is 6.39. The Hall–Kier alpha value is -4.30. The van der Waals surface area contributed by atoms with Gasteiger partial charge in [-0.25, -0.2) is 9.59 Å². The topological polar surface area (TPSA) is 310 Å². The minimum Gasteiger partial charge on any atom is -0.460 e. The van der Waals surface area contributed by atoms with Crippen molar-refractivity contribution in [2.24, 2.45) is 35.5 Å². The summed E-state index contributed by atoms with van der Waals surface area (Å²) in [5.74, 6) is -9.59. The van der Waals surface area contributed by atoms with Crippen LogP contribution in [0.15, 0.2) is 47.6 Å².